The Morgan fingerprint density at radius 3 is 2.78 bits per heavy atom. The molecule has 1 aromatic carbocycles. The maximum Gasteiger partial charge on any atom is 0.240 e. The second-order valence-corrected chi connectivity index (χ2v) is 5.49. The summed E-state index contributed by atoms with van der Waals surface area (Å²) in [7, 11) is 0. The molecule has 0 aliphatic carbocycles. The van der Waals surface area contributed by atoms with Crippen LogP contribution in [0.4, 0.5) is 0 Å². The molecule has 0 aromatic heterocycles. The number of nitrogens with two attached hydrogens (primary N) is 1. The number of rotatable bonds is 5. The molecule has 0 saturated heterocycles. The highest BCUT2D eigenvalue weighted by Gasteiger charge is 2.26. The number of carbonyl (C=O) groups excluding carboxylic acids is 1. The van der Waals surface area contributed by atoms with Crippen molar-refractivity contribution in [2.24, 2.45) is 5.73 Å². The van der Waals surface area contributed by atoms with Crippen molar-refractivity contribution in [3.05, 3.63) is 28.2 Å². The molecule has 100 valence electrons. The summed E-state index contributed by atoms with van der Waals surface area (Å²) in [5.74, 6) is 0.0215. The molecule has 1 rings (SSSR count). The number of amides is 1. The maximum atomic E-state index is 11.9. The van der Waals surface area contributed by atoms with Crippen LogP contribution in [-0.2, 0) is 11.3 Å². The monoisotopic (exact) mass is 314 g/mol. The molecule has 1 unspecified atom stereocenters. The second kappa shape index (κ2) is 6.20. The summed E-state index contributed by atoms with van der Waals surface area (Å²) in [6.07, 6.45) is 1.52. The van der Waals surface area contributed by atoms with Gasteiger partial charge in [0, 0.05) is 6.54 Å². The van der Waals surface area contributed by atoms with Gasteiger partial charge in [0.2, 0.25) is 5.91 Å². The lowest BCUT2D eigenvalue weighted by molar-refractivity contribution is -0.126. The van der Waals surface area contributed by atoms with Crippen LogP contribution in [0.25, 0.3) is 0 Å². The molecule has 0 fully saturated rings. The minimum absolute atomic E-state index is 0.159. The van der Waals surface area contributed by atoms with Gasteiger partial charge < -0.3 is 16.2 Å². The van der Waals surface area contributed by atoms with Crippen LogP contribution in [0.15, 0.2) is 22.7 Å². The van der Waals surface area contributed by atoms with Crippen LogP contribution in [0.3, 0.4) is 0 Å². The minimum atomic E-state index is -0.830. The number of halogens is 1. The number of benzene rings is 1. The topological polar surface area (TPSA) is 75.4 Å². The Morgan fingerprint density at radius 1 is 1.56 bits per heavy atom. The average molecular weight is 315 g/mol. The Kier molecular flexibility index (Phi) is 5.16. The van der Waals surface area contributed by atoms with Crippen LogP contribution in [-0.4, -0.2) is 16.6 Å². The maximum absolute atomic E-state index is 11.9. The summed E-state index contributed by atoms with van der Waals surface area (Å²) in [5.41, 5.74) is 6.00. The first-order chi connectivity index (χ1) is 8.36. The zero-order chi connectivity index (χ0) is 13.8. The molecule has 4 nitrogen and oxygen atoms in total. The minimum Gasteiger partial charge on any atom is -0.507 e. The zero-order valence-corrected chi connectivity index (χ0v) is 12.3. The number of nitrogens with one attached hydrogen (secondary N) is 1. The van der Waals surface area contributed by atoms with Crippen molar-refractivity contribution in [2.75, 3.05) is 0 Å². The van der Waals surface area contributed by atoms with E-state index in [-0.39, 0.29) is 11.7 Å². The fraction of sp³-hybridized carbons (Fsp3) is 0.462. The zero-order valence-electron chi connectivity index (χ0n) is 10.7. The second-order valence-electron chi connectivity index (χ2n) is 4.64. The third-order valence-corrected chi connectivity index (χ3v) is 3.39. The highest BCUT2D eigenvalue weighted by molar-refractivity contribution is 9.10. The van der Waals surface area contributed by atoms with Crippen molar-refractivity contribution >= 4 is 21.8 Å². The lowest BCUT2D eigenvalue weighted by Crippen LogP contribution is -2.51. The number of phenols is 1. The molecule has 5 heteroatoms. The summed E-state index contributed by atoms with van der Waals surface area (Å²) in [4.78, 5) is 11.9. The number of carbonyl (C=O) groups is 1. The van der Waals surface area contributed by atoms with E-state index in [0.717, 1.165) is 12.0 Å². The average Bonchev–Trinajstić information content (AvgIpc) is 2.30. The Morgan fingerprint density at radius 2 is 2.22 bits per heavy atom. The molecule has 0 saturated carbocycles. The normalized spacial score (nSPS) is 14.0. The van der Waals surface area contributed by atoms with Crippen LogP contribution in [0, 0.1) is 0 Å². The Balaban J connectivity index is 2.60. The van der Waals surface area contributed by atoms with Crippen molar-refractivity contribution < 1.29 is 9.90 Å². The molecule has 0 heterocycles. The van der Waals surface area contributed by atoms with E-state index in [1.54, 1.807) is 25.1 Å². The van der Waals surface area contributed by atoms with Crippen LogP contribution >= 0.6 is 15.9 Å². The van der Waals surface area contributed by atoms with Crippen molar-refractivity contribution in [2.45, 2.75) is 38.8 Å². The van der Waals surface area contributed by atoms with Crippen LogP contribution in [0.5, 0.6) is 5.75 Å². The SMILES string of the molecule is CCCC(C)(N)C(=O)NCc1ccc(O)c(Br)c1. The molecule has 1 aromatic rings. The van der Waals surface area contributed by atoms with Gasteiger partial charge in [0.1, 0.15) is 5.75 Å². The molecule has 4 N–H and O–H groups in total. The summed E-state index contributed by atoms with van der Waals surface area (Å²) in [6, 6.07) is 5.11. The van der Waals surface area contributed by atoms with Gasteiger partial charge in [0.05, 0.1) is 10.0 Å². The standard InChI is InChI=1S/C13H19BrN2O2/c1-3-6-13(2,15)12(18)16-8-9-4-5-11(17)10(14)7-9/h4-5,7,17H,3,6,8,15H2,1-2H3,(H,16,18). The van der Waals surface area contributed by atoms with E-state index in [2.05, 4.69) is 21.2 Å². The predicted octanol–water partition coefficient (Wildman–Crippen LogP) is 2.29. The Labute approximate surface area is 116 Å². The van der Waals surface area contributed by atoms with Gasteiger partial charge in [-0.05, 0) is 47.0 Å². The van der Waals surface area contributed by atoms with Crippen LogP contribution in [0.2, 0.25) is 0 Å². The van der Waals surface area contributed by atoms with E-state index in [0.29, 0.717) is 17.4 Å². The number of hydrogen-bond acceptors (Lipinski definition) is 3. The van der Waals surface area contributed by atoms with Crippen molar-refractivity contribution in [1.29, 1.82) is 0 Å². The van der Waals surface area contributed by atoms with Crippen LogP contribution in [0.1, 0.15) is 32.3 Å². The van der Waals surface area contributed by atoms with E-state index in [9.17, 15) is 9.90 Å². The molecule has 0 radical (unpaired) electrons. The summed E-state index contributed by atoms with van der Waals surface area (Å²) < 4.78 is 0.610. The first-order valence-corrected chi connectivity index (χ1v) is 6.70. The van der Waals surface area contributed by atoms with E-state index >= 15 is 0 Å². The largest absolute Gasteiger partial charge is 0.507 e. The van der Waals surface area contributed by atoms with Gasteiger partial charge in [-0.25, -0.2) is 0 Å². The third kappa shape index (κ3) is 3.99. The number of aromatic hydroxyl groups is 1. The van der Waals surface area contributed by atoms with Gasteiger partial charge in [-0.15, -0.1) is 0 Å². The van der Waals surface area contributed by atoms with Gasteiger partial charge in [-0.3, -0.25) is 4.79 Å². The lowest BCUT2D eigenvalue weighted by atomic mass is 9.96. The first-order valence-electron chi connectivity index (χ1n) is 5.91. The van der Waals surface area contributed by atoms with E-state index in [1.807, 2.05) is 6.92 Å². The van der Waals surface area contributed by atoms with Gasteiger partial charge in [0.25, 0.3) is 0 Å². The Bertz CT molecular complexity index is 433. The van der Waals surface area contributed by atoms with Gasteiger partial charge in [-0.1, -0.05) is 19.4 Å². The molecule has 0 bridgehead atoms. The lowest BCUT2D eigenvalue weighted by Gasteiger charge is -2.22. The van der Waals surface area contributed by atoms with Gasteiger partial charge >= 0.3 is 0 Å². The Hall–Kier alpha value is -1.07. The van der Waals surface area contributed by atoms with Crippen LogP contribution < -0.4 is 11.1 Å². The quantitative estimate of drug-likeness (QED) is 0.780. The highest BCUT2D eigenvalue weighted by Crippen LogP contribution is 2.24. The fourth-order valence-corrected chi connectivity index (χ4v) is 2.10. The molecule has 0 aliphatic rings. The molecular formula is C13H19BrN2O2. The summed E-state index contributed by atoms with van der Waals surface area (Å²) in [5, 5.41) is 12.2. The molecule has 0 aliphatic heterocycles. The first kappa shape index (κ1) is 15.0. The number of phenolic OH excluding ortho intramolecular Hbond substituents is 1. The fourth-order valence-electron chi connectivity index (χ4n) is 1.68. The van der Waals surface area contributed by atoms with Gasteiger partial charge in [-0.2, -0.15) is 0 Å². The molecule has 1 atom stereocenters. The van der Waals surface area contributed by atoms with E-state index < -0.39 is 5.54 Å². The van der Waals surface area contributed by atoms with Crippen molar-refractivity contribution in [3.8, 4) is 5.75 Å². The van der Waals surface area contributed by atoms with Gasteiger partial charge in [0.15, 0.2) is 0 Å². The van der Waals surface area contributed by atoms with E-state index in [4.69, 9.17) is 5.73 Å². The smallest absolute Gasteiger partial charge is 0.240 e. The third-order valence-electron chi connectivity index (χ3n) is 2.75. The molecule has 1 amide bonds. The predicted molar refractivity (Wildman–Crippen MR) is 75.2 cm³/mol. The molecule has 0 spiro atoms. The van der Waals surface area contributed by atoms with Crippen molar-refractivity contribution in [3.63, 3.8) is 0 Å². The summed E-state index contributed by atoms with van der Waals surface area (Å²) >= 11 is 3.23. The highest BCUT2D eigenvalue weighted by atomic mass is 79.9. The molecular weight excluding hydrogens is 296 g/mol. The number of hydrogen-bond donors (Lipinski definition) is 3. The van der Waals surface area contributed by atoms with E-state index in [1.165, 1.54) is 0 Å². The molecule has 18 heavy (non-hydrogen) atoms. The van der Waals surface area contributed by atoms with Crippen molar-refractivity contribution in [1.82, 2.24) is 5.32 Å². The summed E-state index contributed by atoms with van der Waals surface area (Å²) in [6.45, 7) is 4.13.